The topological polar surface area (TPSA) is 37.3 Å². The van der Waals surface area contributed by atoms with E-state index in [4.69, 9.17) is 0 Å². The molecular formula is C12H16O2. The molecule has 0 saturated heterocycles. The van der Waals surface area contributed by atoms with Gasteiger partial charge in [0.05, 0.1) is 0 Å². The minimum atomic E-state index is -0.854. The molecule has 1 N–H and O–H groups in total. The third-order valence-corrected chi connectivity index (χ3v) is 2.68. The van der Waals surface area contributed by atoms with Crippen molar-refractivity contribution < 1.29 is 9.90 Å². The fourth-order valence-electron chi connectivity index (χ4n) is 1.95. The number of hydrogen-bond acceptors (Lipinski definition) is 2. The summed E-state index contributed by atoms with van der Waals surface area (Å²) >= 11 is 0. The minimum Gasteiger partial charge on any atom is -0.385 e. The maximum Gasteiger partial charge on any atom is 0.187 e. The maximum absolute atomic E-state index is 11.5. The van der Waals surface area contributed by atoms with Crippen LogP contribution in [0.4, 0.5) is 0 Å². The Morgan fingerprint density at radius 3 is 2.57 bits per heavy atom. The molecule has 0 aromatic rings. The van der Waals surface area contributed by atoms with Crippen LogP contribution < -0.4 is 0 Å². The van der Waals surface area contributed by atoms with Crippen LogP contribution in [0.1, 0.15) is 34.1 Å². The van der Waals surface area contributed by atoms with E-state index in [-0.39, 0.29) is 11.2 Å². The van der Waals surface area contributed by atoms with E-state index in [9.17, 15) is 9.90 Å². The van der Waals surface area contributed by atoms with Crippen molar-refractivity contribution in [3.8, 4) is 11.8 Å². The number of carbonyl (C=O) groups excluding carboxylic acids is 1. The lowest BCUT2D eigenvalue weighted by Crippen LogP contribution is -2.35. The molecule has 0 amide bonds. The van der Waals surface area contributed by atoms with Crippen LogP contribution in [0.15, 0.2) is 11.1 Å². The summed E-state index contributed by atoms with van der Waals surface area (Å²) in [7, 11) is 0. The standard InChI is InChI=1S/C12H16O2/c1-5-6-9-8(2)11(14)10(13)7-12(9,3)4/h10,13H,7H2,1-4H3. The third-order valence-electron chi connectivity index (χ3n) is 2.68. The molecule has 0 fully saturated rings. The van der Waals surface area contributed by atoms with Crippen molar-refractivity contribution in [2.24, 2.45) is 5.41 Å². The number of rotatable bonds is 0. The quantitative estimate of drug-likeness (QED) is 0.593. The van der Waals surface area contributed by atoms with E-state index in [2.05, 4.69) is 11.8 Å². The van der Waals surface area contributed by atoms with Crippen molar-refractivity contribution in [1.82, 2.24) is 0 Å². The average molecular weight is 192 g/mol. The molecule has 0 spiro atoms. The Morgan fingerprint density at radius 1 is 1.50 bits per heavy atom. The summed E-state index contributed by atoms with van der Waals surface area (Å²) in [5.74, 6) is 5.61. The van der Waals surface area contributed by atoms with Crippen LogP contribution in [-0.2, 0) is 4.79 Å². The predicted octanol–water partition coefficient (Wildman–Crippen LogP) is 1.69. The molecule has 0 heterocycles. The molecule has 0 saturated carbocycles. The van der Waals surface area contributed by atoms with Crippen LogP contribution in [0.3, 0.4) is 0 Å². The maximum atomic E-state index is 11.5. The Bertz CT molecular complexity index is 350. The van der Waals surface area contributed by atoms with Crippen molar-refractivity contribution >= 4 is 5.78 Å². The summed E-state index contributed by atoms with van der Waals surface area (Å²) in [5.41, 5.74) is 1.29. The zero-order valence-electron chi connectivity index (χ0n) is 9.14. The molecule has 1 rings (SSSR count). The highest BCUT2D eigenvalue weighted by Gasteiger charge is 2.37. The highest BCUT2D eigenvalue weighted by atomic mass is 16.3. The Balaban J connectivity index is 3.28. The molecule has 0 aliphatic heterocycles. The molecule has 1 atom stereocenters. The van der Waals surface area contributed by atoms with Gasteiger partial charge in [0.25, 0.3) is 0 Å². The van der Waals surface area contributed by atoms with Crippen LogP contribution in [0.5, 0.6) is 0 Å². The predicted molar refractivity (Wildman–Crippen MR) is 55.6 cm³/mol. The highest BCUT2D eigenvalue weighted by molar-refractivity contribution is 6.00. The smallest absolute Gasteiger partial charge is 0.187 e. The lowest BCUT2D eigenvalue weighted by Gasteiger charge is -2.33. The van der Waals surface area contributed by atoms with Gasteiger partial charge in [0, 0.05) is 16.6 Å². The summed E-state index contributed by atoms with van der Waals surface area (Å²) in [5, 5.41) is 9.54. The molecule has 14 heavy (non-hydrogen) atoms. The van der Waals surface area contributed by atoms with Gasteiger partial charge in [-0.1, -0.05) is 19.8 Å². The molecule has 1 unspecified atom stereocenters. The van der Waals surface area contributed by atoms with E-state index in [1.54, 1.807) is 13.8 Å². The zero-order valence-corrected chi connectivity index (χ0v) is 9.14. The van der Waals surface area contributed by atoms with Gasteiger partial charge in [0.2, 0.25) is 0 Å². The van der Waals surface area contributed by atoms with Crippen LogP contribution in [-0.4, -0.2) is 17.0 Å². The van der Waals surface area contributed by atoms with E-state index in [0.717, 1.165) is 5.57 Å². The Kier molecular flexibility index (Phi) is 2.82. The average Bonchev–Trinajstić information content (AvgIpc) is 2.08. The van der Waals surface area contributed by atoms with Crippen LogP contribution in [0, 0.1) is 17.3 Å². The zero-order chi connectivity index (χ0) is 10.9. The minimum absolute atomic E-state index is 0.179. The van der Waals surface area contributed by atoms with Crippen LogP contribution in [0.25, 0.3) is 0 Å². The van der Waals surface area contributed by atoms with Gasteiger partial charge in [-0.15, -0.1) is 5.92 Å². The highest BCUT2D eigenvalue weighted by Crippen LogP contribution is 2.38. The normalized spacial score (nSPS) is 25.8. The second-order valence-corrected chi connectivity index (χ2v) is 4.34. The number of Topliss-reactive ketones (excluding diaryl/α,β-unsaturated/α-hetero) is 1. The molecule has 2 nitrogen and oxygen atoms in total. The number of aliphatic hydroxyl groups is 1. The molecule has 0 radical (unpaired) electrons. The van der Waals surface area contributed by atoms with Gasteiger partial charge < -0.3 is 5.11 Å². The van der Waals surface area contributed by atoms with E-state index >= 15 is 0 Å². The third kappa shape index (κ3) is 1.73. The summed E-state index contributed by atoms with van der Waals surface area (Å²) in [6, 6.07) is 0. The fourth-order valence-corrected chi connectivity index (χ4v) is 1.95. The van der Waals surface area contributed by atoms with E-state index in [0.29, 0.717) is 12.0 Å². The SMILES string of the molecule is CC#CC1=C(C)C(=O)C(O)CC1(C)C. The molecule has 0 aromatic heterocycles. The first-order chi connectivity index (χ1) is 6.40. The fraction of sp³-hybridized carbons (Fsp3) is 0.583. The number of allylic oxidation sites excluding steroid dienone is 1. The van der Waals surface area contributed by atoms with Crippen molar-refractivity contribution in [1.29, 1.82) is 0 Å². The summed E-state index contributed by atoms with van der Waals surface area (Å²) in [6.07, 6.45) is -0.389. The number of aliphatic hydroxyl groups excluding tert-OH is 1. The van der Waals surface area contributed by atoms with Crippen molar-refractivity contribution in [2.45, 2.75) is 40.2 Å². The first kappa shape index (κ1) is 11.0. The van der Waals surface area contributed by atoms with Gasteiger partial charge in [-0.3, -0.25) is 4.79 Å². The second kappa shape index (κ2) is 3.59. The van der Waals surface area contributed by atoms with Crippen LogP contribution in [0.2, 0.25) is 0 Å². The van der Waals surface area contributed by atoms with Gasteiger partial charge >= 0.3 is 0 Å². The number of carbonyl (C=O) groups is 1. The largest absolute Gasteiger partial charge is 0.385 e. The number of hydrogen-bond donors (Lipinski definition) is 1. The van der Waals surface area contributed by atoms with Gasteiger partial charge in [0.15, 0.2) is 5.78 Å². The Morgan fingerprint density at radius 2 is 2.07 bits per heavy atom. The Hall–Kier alpha value is -1.07. The number of ketones is 1. The lowest BCUT2D eigenvalue weighted by atomic mass is 9.71. The lowest BCUT2D eigenvalue weighted by molar-refractivity contribution is -0.125. The molecular weight excluding hydrogens is 176 g/mol. The van der Waals surface area contributed by atoms with Gasteiger partial charge in [-0.25, -0.2) is 0 Å². The summed E-state index contributed by atoms with van der Waals surface area (Å²) in [4.78, 5) is 11.5. The molecule has 1 aliphatic rings. The van der Waals surface area contributed by atoms with E-state index < -0.39 is 6.10 Å². The molecule has 1 aliphatic carbocycles. The van der Waals surface area contributed by atoms with Crippen molar-refractivity contribution in [2.75, 3.05) is 0 Å². The molecule has 0 bridgehead atoms. The second-order valence-electron chi connectivity index (χ2n) is 4.34. The van der Waals surface area contributed by atoms with Gasteiger partial charge in [-0.2, -0.15) is 0 Å². The molecule has 0 aromatic carbocycles. The molecule has 76 valence electrons. The summed E-state index contributed by atoms with van der Waals surface area (Å²) in [6.45, 7) is 7.51. The monoisotopic (exact) mass is 192 g/mol. The van der Waals surface area contributed by atoms with Crippen molar-refractivity contribution in [3.63, 3.8) is 0 Å². The first-order valence-electron chi connectivity index (χ1n) is 4.76. The summed E-state index contributed by atoms with van der Waals surface area (Å²) < 4.78 is 0. The van der Waals surface area contributed by atoms with E-state index in [1.165, 1.54) is 0 Å². The molecule has 2 heteroatoms. The van der Waals surface area contributed by atoms with E-state index in [1.807, 2.05) is 13.8 Å². The first-order valence-corrected chi connectivity index (χ1v) is 4.76. The Labute approximate surface area is 85.0 Å². The van der Waals surface area contributed by atoms with Crippen molar-refractivity contribution in [3.05, 3.63) is 11.1 Å². The van der Waals surface area contributed by atoms with Crippen LogP contribution >= 0.6 is 0 Å². The van der Waals surface area contributed by atoms with Gasteiger partial charge in [0.1, 0.15) is 6.10 Å². The van der Waals surface area contributed by atoms with Gasteiger partial charge in [-0.05, 0) is 20.3 Å².